The van der Waals surface area contributed by atoms with E-state index in [1.165, 1.54) is 5.56 Å². The van der Waals surface area contributed by atoms with Gasteiger partial charge in [-0.05, 0) is 34.3 Å². The van der Waals surface area contributed by atoms with Crippen molar-refractivity contribution in [3.05, 3.63) is 22.4 Å². The zero-order valence-corrected chi connectivity index (χ0v) is 9.16. The van der Waals surface area contributed by atoms with E-state index in [0.29, 0.717) is 0 Å². The van der Waals surface area contributed by atoms with Crippen molar-refractivity contribution in [2.45, 2.75) is 20.4 Å². The van der Waals surface area contributed by atoms with Crippen molar-refractivity contribution >= 4 is 11.3 Å². The lowest BCUT2D eigenvalue weighted by Gasteiger charge is -2.22. The maximum Gasteiger partial charge on any atom is 0.0213 e. The van der Waals surface area contributed by atoms with Gasteiger partial charge >= 0.3 is 0 Å². The Bertz CT molecular complexity index is 229. The van der Waals surface area contributed by atoms with Gasteiger partial charge in [0.1, 0.15) is 0 Å². The topological polar surface area (TPSA) is 38.0 Å². The molecule has 0 spiro atoms. The summed E-state index contributed by atoms with van der Waals surface area (Å²) in [5, 5.41) is 7.68. The molecule has 1 rings (SSSR count). The Balaban J connectivity index is 2.21. The van der Waals surface area contributed by atoms with Crippen LogP contribution < -0.4 is 11.1 Å². The van der Waals surface area contributed by atoms with Gasteiger partial charge in [-0.25, -0.2) is 0 Å². The van der Waals surface area contributed by atoms with Crippen LogP contribution >= 0.6 is 11.3 Å². The molecule has 0 bridgehead atoms. The van der Waals surface area contributed by atoms with E-state index in [0.717, 1.165) is 19.6 Å². The minimum atomic E-state index is 0.204. The van der Waals surface area contributed by atoms with E-state index in [-0.39, 0.29) is 5.41 Å². The first-order valence-corrected chi connectivity index (χ1v) is 5.50. The summed E-state index contributed by atoms with van der Waals surface area (Å²) in [6, 6.07) is 2.15. The average molecular weight is 198 g/mol. The highest BCUT2D eigenvalue weighted by Gasteiger charge is 2.14. The lowest BCUT2D eigenvalue weighted by Crippen LogP contribution is -2.35. The molecule has 0 aliphatic carbocycles. The summed E-state index contributed by atoms with van der Waals surface area (Å²) in [7, 11) is 0. The fourth-order valence-electron chi connectivity index (χ4n) is 1.01. The van der Waals surface area contributed by atoms with Gasteiger partial charge in [-0.2, -0.15) is 11.3 Å². The van der Waals surface area contributed by atoms with E-state index in [2.05, 4.69) is 36.0 Å². The molecule has 0 radical (unpaired) electrons. The number of nitrogens with one attached hydrogen (secondary N) is 1. The molecule has 0 saturated heterocycles. The highest BCUT2D eigenvalue weighted by atomic mass is 32.1. The first-order chi connectivity index (χ1) is 6.14. The summed E-state index contributed by atoms with van der Waals surface area (Å²) in [6.45, 7) is 7.00. The van der Waals surface area contributed by atoms with Crippen molar-refractivity contribution in [1.29, 1.82) is 0 Å². The second-order valence-electron chi connectivity index (χ2n) is 4.10. The minimum absolute atomic E-state index is 0.204. The van der Waals surface area contributed by atoms with E-state index < -0.39 is 0 Å². The van der Waals surface area contributed by atoms with Crippen LogP contribution in [0.5, 0.6) is 0 Å². The van der Waals surface area contributed by atoms with Crippen molar-refractivity contribution in [2.75, 3.05) is 13.1 Å². The summed E-state index contributed by atoms with van der Waals surface area (Å²) in [5.41, 5.74) is 7.19. The molecule has 0 aromatic carbocycles. The molecule has 1 aromatic rings. The van der Waals surface area contributed by atoms with Crippen LogP contribution in [0.1, 0.15) is 19.4 Å². The Kier molecular flexibility index (Phi) is 3.90. The Morgan fingerprint density at radius 2 is 2.31 bits per heavy atom. The summed E-state index contributed by atoms with van der Waals surface area (Å²) in [6.07, 6.45) is 0. The lowest BCUT2D eigenvalue weighted by molar-refractivity contribution is 0.351. The Morgan fingerprint density at radius 3 is 2.85 bits per heavy atom. The van der Waals surface area contributed by atoms with Crippen molar-refractivity contribution in [2.24, 2.45) is 11.1 Å². The van der Waals surface area contributed by atoms with Crippen LogP contribution in [0.25, 0.3) is 0 Å². The molecule has 74 valence electrons. The van der Waals surface area contributed by atoms with Crippen molar-refractivity contribution < 1.29 is 0 Å². The van der Waals surface area contributed by atoms with E-state index in [1.54, 1.807) is 11.3 Å². The van der Waals surface area contributed by atoms with Crippen LogP contribution in [0.4, 0.5) is 0 Å². The van der Waals surface area contributed by atoms with E-state index >= 15 is 0 Å². The molecule has 2 nitrogen and oxygen atoms in total. The predicted molar refractivity (Wildman–Crippen MR) is 58.9 cm³/mol. The number of thiophene rings is 1. The van der Waals surface area contributed by atoms with Gasteiger partial charge in [0.15, 0.2) is 0 Å². The van der Waals surface area contributed by atoms with Crippen LogP contribution in [0, 0.1) is 5.41 Å². The molecule has 1 heterocycles. The quantitative estimate of drug-likeness (QED) is 0.757. The smallest absolute Gasteiger partial charge is 0.0213 e. The molecule has 1 aromatic heterocycles. The predicted octanol–water partition coefficient (Wildman–Crippen LogP) is 1.82. The third-order valence-electron chi connectivity index (χ3n) is 2.07. The van der Waals surface area contributed by atoms with E-state index in [1.807, 2.05) is 0 Å². The molecule has 3 heteroatoms. The molecule has 3 N–H and O–H groups in total. The van der Waals surface area contributed by atoms with Gasteiger partial charge in [-0.15, -0.1) is 0 Å². The highest BCUT2D eigenvalue weighted by molar-refractivity contribution is 7.07. The van der Waals surface area contributed by atoms with Gasteiger partial charge in [0.2, 0.25) is 0 Å². The fraction of sp³-hybridized carbons (Fsp3) is 0.600. The molecule has 0 unspecified atom stereocenters. The van der Waals surface area contributed by atoms with Gasteiger partial charge < -0.3 is 11.1 Å². The number of rotatable bonds is 5. The normalized spacial score (nSPS) is 11.9. The SMILES string of the molecule is CC(C)(CN)CNCc1ccsc1. The summed E-state index contributed by atoms with van der Waals surface area (Å²) in [4.78, 5) is 0. The molecule has 0 atom stereocenters. The highest BCUT2D eigenvalue weighted by Crippen LogP contribution is 2.11. The first kappa shape index (κ1) is 10.7. The molecule has 0 fully saturated rings. The Hall–Kier alpha value is -0.380. The van der Waals surface area contributed by atoms with Crippen LogP contribution in [0.3, 0.4) is 0 Å². The first-order valence-electron chi connectivity index (χ1n) is 4.56. The number of nitrogens with two attached hydrogens (primary N) is 1. The number of hydrogen-bond acceptors (Lipinski definition) is 3. The van der Waals surface area contributed by atoms with Crippen LogP contribution in [0.2, 0.25) is 0 Å². The van der Waals surface area contributed by atoms with Gasteiger partial charge in [0.05, 0.1) is 0 Å². The monoisotopic (exact) mass is 198 g/mol. The second kappa shape index (κ2) is 4.74. The minimum Gasteiger partial charge on any atom is -0.330 e. The van der Waals surface area contributed by atoms with E-state index in [9.17, 15) is 0 Å². The molecular formula is C10H18N2S. The summed E-state index contributed by atoms with van der Waals surface area (Å²) >= 11 is 1.74. The lowest BCUT2D eigenvalue weighted by atomic mass is 9.94. The zero-order valence-electron chi connectivity index (χ0n) is 8.34. The second-order valence-corrected chi connectivity index (χ2v) is 4.88. The Labute approximate surface area is 84.2 Å². The van der Waals surface area contributed by atoms with Crippen molar-refractivity contribution in [3.63, 3.8) is 0 Å². The molecule has 0 saturated carbocycles. The van der Waals surface area contributed by atoms with E-state index in [4.69, 9.17) is 5.73 Å². The molecule has 0 aliphatic rings. The van der Waals surface area contributed by atoms with Gasteiger partial charge in [-0.3, -0.25) is 0 Å². The van der Waals surface area contributed by atoms with Crippen LogP contribution in [-0.4, -0.2) is 13.1 Å². The summed E-state index contributed by atoms with van der Waals surface area (Å²) < 4.78 is 0. The zero-order chi connectivity index (χ0) is 9.73. The van der Waals surface area contributed by atoms with Crippen molar-refractivity contribution in [1.82, 2.24) is 5.32 Å². The average Bonchev–Trinajstić information content (AvgIpc) is 2.57. The van der Waals surface area contributed by atoms with Crippen LogP contribution in [0.15, 0.2) is 16.8 Å². The van der Waals surface area contributed by atoms with Crippen LogP contribution in [-0.2, 0) is 6.54 Å². The molecule has 13 heavy (non-hydrogen) atoms. The number of hydrogen-bond donors (Lipinski definition) is 2. The summed E-state index contributed by atoms with van der Waals surface area (Å²) in [5.74, 6) is 0. The largest absolute Gasteiger partial charge is 0.330 e. The molecular weight excluding hydrogens is 180 g/mol. The fourth-order valence-corrected chi connectivity index (χ4v) is 1.68. The van der Waals surface area contributed by atoms with Crippen molar-refractivity contribution in [3.8, 4) is 0 Å². The standard InChI is InChI=1S/C10H18N2S/c1-10(2,7-11)8-12-5-9-3-4-13-6-9/h3-4,6,12H,5,7-8,11H2,1-2H3. The molecule has 0 amide bonds. The molecule has 0 aliphatic heterocycles. The maximum atomic E-state index is 5.63. The third-order valence-corrected chi connectivity index (χ3v) is 2.80. The van der Waals surface area contributed by atoms with Gasteiger partial charge in [0, 0.05) is 13.1 Å². The Morgan fingerprint density at radius 1 is 1.54 bits per heavy atom. The van der Waals surface area contributed by atoms with Gasteiger partial charge in [0.25, 0.3) is 0 Å². The van der Waals surface area contributed by atoms with Gasteiger partial charge in [-0.1, -0.05) is 13.8 Å². The maximum absolute atomic E-state index is 5.63. The third kappa shape index (κ3) is 3.89.